The molecule has 2 aromatic rings. The number of benzene rings is 1. The average Bonchev–Trinajstić information content (AvgIpc) is 2.37. The monoisotopic (exact) mass is 256 g/mol. The lowest BCUT2D eigenvalue weighted by molar-refractivity contribution is 0.338. The topological polar surface area (TPSA) is 24.9 Å². The second-order valence-corrected chi connectivity index (χ2v) is 5.07. The first-order valence-electron chi connectivity index (χ1n) is 6.75. The summed E-state index contributed by atoms with van der Waals surface area (Å²) >= 11 is 0. The Morgan fingerprint density at radius 1 is 1.21 bits per heavy atom. The number of hydrogen-bond acceptors (Lipinski definition) is 2. The van der Waals surface area contributed by atoms with Gasteiger partial charge in [-0.25, -0.2) is 4.39 Å². The molecule has 0 radical (unpaired) electrons. The summed E-state index contributed by atoms with van der Waals surface area (Å²) in [7, 11) is 0. The molecule has 0 bridgehead atoms. The van der Waals surface area contributed by atoms with Crippen molar-refractivity contribution < 1.29 is 4.39 Å². The second kappa shape index (κ2) is 5.49. The van der Waals surface area contributed by atoms with Gasteiger partial charge in [0.2, 0.25) is 0 Å². The largest absolute Gasteiger partial charge is 0.310 e. The van der Waals surface area contributed by atoms with Crippen molar-refractivity contribution in [3.05, 3.63) is 54.0 Å². The van der Waals surface area contributed by atoms with Crippen LogP contribution in [-0.4, -0.2) is 11.0 Å². The molecule has 1 aromatic carbocycles. The van der Waals surface area contributed by atoms with E-state index >= 15 is 0 Å². The summed E-state index contributed by atoms with van der Waals surface area (Å²) in [6, 6.07) is 11.4. The predicted octanol–water partition coefficient (Wildman–Crippen LogP) is 3.53. The maximum atomic E-state index is 13.7. The van der Waals surface area contributed by atoms with E-state index in [1.54, 1.807) is 12.3 Å². The molecular formula is C16H17FN2. The highest BCUT2D eigenvalue weighted by Gasteiger charge is 2.16. The number of nitrogens with one attached hydrogen (secondary N) is 1. The van der Waals surface area contributed by atoms with Gasteiger partial charge >= 0.3 is 0 Å². The third-order valence-electron chi connectivity index (χ3n) is 3.62. The molecule has 0 unspecified atom stereocenters. The van der Waals surface area contributed by atoms with Gasteiger partial charge in [0.15, 0.2) is 0 Å². The van der Waals surface area contributed by atoms with Gasteiger partial charge in [0.25, 0.3) is 0 Å². The zero-order valence-electron chi connectivity index (χ0n) is 10.8. The van der Waals surface area contributed by atoms with Gasteiger partial charge < -0.3 is 5.32 Å². The lowest BCUT2D eigenvalue weighted by Gasteiger charge is -2.26. The molecule has 1 fully saturated rings. The molecule has 98 valence electrons. The summed E-state index contributed by atoms with van der Waals surface area (Å²) in [5.74, 6) is -0.200. The molecule has 1 aromatic heterocycles. The van der Waals surface area contributed by atoms with Crippen LogP contribution in [0, 0.1) is 5.82 Å². The van der Waals surface area contributed by atoms with Crippen LogP contribution in [0.3, 0.4) is 0 Å². The molecule has 2 nitrogen and oxygen atoms in total. The fourth-order valence-corrected chi connectivity index (χ4v) is 2.31. The van der Waals surface area contributed by atoms with Crippen molar-refractivity contribution >= 4 is 0 Å². The Labute approximate surface area is 112 Å². The van der Waals surface area contributed by atoms with E-state index in [1.807, 2.05) is 24.3 Å². The van der Waals surface area contributed by atoms with Crippen LogP contribution >= 0.6 is 0 Å². The fraction of sp³-hybridized carbons (Fsp3) is 0.312. The van der Waals surface area contributed by atoms with E-state index in [0.29, 0.717) is 6.04 Å². The van der Waals surface area contributed by atoms with Crippen LogP contribution in [0.25, 0.3) is 11.3 Å². The van der Waals surface area contributed by atoms with Crippen molar-refractivity contribution in [3.8, 4) is 11.3 Å². The van der Waals surface area contributed by atoms with Crippen LogP contribution in [0.1, 0.15) is 24.8 Å². The van der Waals surface area contributed by atoms with Crippen LogP contribution in [0.5, 0.6) is 0 Å². The Morgan fingerprint density at radius 2 is 2.11 bits per heavy atom. The molecule has 1 aliphatic carbocycles. The fourth-order valence-electron chi connectivity index (χ4n) is 2.31. The highest BCUT2D eigenvalue weighted by molar-refractivity contribution is 5.59. The van der Waals surface area contributed by atoms with Crippen LogP contribution < -0.4 is 5.32 Å². The Hall–Kier alpha value is -1.74. The van der Waals surface area contributed by atoms with Crippen molar-refractivity contribution in [1.82, 2.24) is 10.3 Å². The maximum absolute atomic E-state index is 13.7. The summed E-state index contributed by atoms with van der Waals surface area (Å²) in [5, 5.41) is 3.45. The molecule has 0 atom stereocenters. The van der Waals surface area contributed by atoms with E-state index < -0.39 is 0 Å². The molecule has 0 spiro atoms. The molecule has 0 amide bonds. The molecule has 1 aliphatic rings. The Kier molecular flexibility index (Phi) is 3.56. The number of rotatable bonds is 4. The zero-order valence-corrected chi connectivity index (χ0v) is 10.8. The van der Waals surface area contributed by atoms with Gasteiger partial charge in [0.1, 0.15) is 5.82 Å². The molecule has 3 rings (SSSR count). The smallest absolute Gasteiger partial charge is 0.124 e. The number of aromatic nitrogens is 1. The Balaban J connectivity index is 1.79. The van der Waals surface area contributed by atoms with Crippen molar-refractivity contribution in [3.63, 3.8) is 0 Å². The number of hydrogen-bond donors (Lipinski definition) is 1. The van der Waals surface area contributed by atoms with Crippen molar-refractivity contribution in [1.29, 1.82) is 0 Å². The molecular weight excluding hydrogens is 239 g/mol. The number of pyridine rings is 1. The lowest BCUT2D eigenvalue weighted by atomic mass is 9.93. The molecule has 3 heteroatoms. The van der Waals surface area contributed by atoms with Crippen LogP contribution in [0.15, 0.2) is 42.6 Å². The third kappa shape index (κ3) is 2.99. The molecule has 1 heterocycles. The van der Waals surface area contributed by atoms with Gasteiger partial charge in [-0.15, -0.1) is 0 Å². The normalized spacial score (nSPS) is 15.2. The van der Waals surface area contributed by atoms with Gasteiger partial charge in [-0.05, 0) is 48.7 Å². The molecule has 19 heavy (non-hydrogen) atoms. The second-order valence-electron chi connectivity index (χ2n) is 5.07. The van der Waals surface area contributed by atoms with Gasteiger partial charge in [-0.2, -0.15) is 0 Å². The summed E-state index contributed by atoms with van der Waals surface area (Å²) in [4.78, 5) is 4.27. The highest BCUT2D eigenvalue weighted by atomic mass is 19.1. The third-order valence-corrected chi connectivity index (χ3v) is 3.62. The van der Waals surface area contributed by atoms with Crippen LogP contribution in [0.2, 0.25) is 0 Å². The molecule has 1 N–H and O–H groups in total. The lowest BCUT2D eigenvalue weighted by Crippen LogP contribution is -2.34. The summed E-state index contributed by atoms with van der Waals surface area (Å²) in [5.41, 5.74) is 2.63. The minimum atomic E-state index is -0.200. The minimum Gasteiger partial charge on any atom is -0.310 e. The summed E-state index contributed by atoms with van der Waals surface area (Å²) < 4.78 is 13.7. The van der Waals surface area contributed by atoms with E-state index in [4.69, 9.17) is 0 Å². The van der Waals surface area contributed by atoms with Crippen molar-refractivity contribution in [2.24, 2.45) is 0 Å². The predicted molar refractivity (Wildman–Crippen MR) is 74.1 cm³/mol. The van der Waals surface area contributed by atoms with Crippen LogP contribution in [-0.2, 0) is 6.54 Å². The van der Waals surface area contributed by atoms with Crippen molar-refractivity contribution in [2.75, 3.05) is 0 Å². The first-order valence-corrected chi connectivity index (χ1v) is 6.75. The van der Waals surface area contributed by atoms with Gasteiger partial charge in [0, 0.05) is 24.3 Å². The number of nitrogens with zero attached hydrogens (tertiary/aromatic N) is 1. The summed E-state index contributed by atoms with van der Waals surface area (Å²) in [6.45, 7) is 0.724. The van der Waals surface area contributed by atoms with E-state index in [-0.39, 0.29) is 5.82 Å². The summed E-state index contributed by atoms with van der Waals surface area (Å²) in [6.07, 6.45) is 5.51. The molecule has 1 saturated carbocycles. The maximum Gasteiger partial charge on any atom is 0.124 e. The van der Waals surface area contributed by atoms with Gasteiger partial charge in [0.05, 0.1) is 5.69 Å². The van der Waals surface area contributed by atoms with Crippen molar-refractivity contribution in [2.45, 2.75) is 31.8 Å². The van der Waals surface area contributed by atoms with Crippen LogP contribution in [0.4, 0.5) is 4.39 Å². The average molecular weight is 256 g/mol. The minimum absolute atomic E-state index is 0.200. The van der Waals surface area contributed by atoms with E-state index in [2.05, 4.69) is 10.3 Å². The van der Waals surface area contributed by atoms with E-state index in [1.165, 1.54) is 25.3 Å². The molecule has 0 aliphatic heterocycles. The standard InChI is InChI=1S/C16H17FN2/c17-14-9-12(11-19-15-4-3-5-15)8-13(10-14)16-6-1-2-7-18-16/h1-2,6-10,15,19H,3-5,11H2. The van der Waals surface area contributed by atoms with Gasteiger partial charge in [-0.3, -0.25) is 4.98 Å². The Bertz CT molecular complexity index is 550. The zero-order chi connectivity index (χ0) is 13.1. The first-order chi connectivity index (χ1) is 9.31. The molecule has 0 saturated heterocycles. The van der Waals surface area contributed by atoms with Gasteiger partial charge in [-0.1, -0.05) is 12.5 Å². The number of halogens is 1. The van der Waals surface area contributed by atoms with E-state index in [0.717, 1.165) is 23.4 Å². The SMILES string of the molecule is Fc1cc(CNC2CCC2)cc(-c2ccccn2)c1. The quantitative estimate of drug-likeness (QED) is 0.905. The highest BCUT2D eigenvalue weighted by Crippen LogP contribution is 2.22. The van der Waals surface area contributed by atoms with E-state index in [9.17, 15) is 4.39 Å². The Morgan fingerprint density at radius 3 is 2.79 bits per heavy atom. The first kappa shape index (κ1) is 12.3.